The van der Waals surface area contributed by atoms with Crippen LogP contribution in [0.15, 0.2) is 48.5 Å². The summed E-state index contributed by atoms with van der Waals surface area (Å²) in [5.74, 6) is 0.399. The van der Waals surface area contributed by atoms with Crippen LogP contribution >= 0.6 is 0 Å². The molecule has 0 radical (unpaired) electrons. The van der Waals surface area contributed by atoms with Crippen molar-refractivity contribution in [2.75, 3.05) is 51.1 Å². The predicted molar refractivity (Wildman–Crippen MR) is 132 cm³/mol. The van der Waals surface area contributed by atoms with Gasteiger partial charge in [0.05, 0.1) is 6.54 Å². The summed E-state index contributed by atoms with van der Waals surface area (Å²) in [4.78, 5) is 32.2. The summed E-state index contributed by atoms with van der Waals surface area (Å²) in [7, 11) is 0. The summed E-state index contributed by atoms with van der Waals surface area (Å²) in [5.41, 5.74) is 4.57. The number of piperazine rings is 1. The Labute approximate surface area is 197 Å². The molecular weight excluding hydrogens is 412 g/mol. The highest BCUT2D eigenvalue weighted by Gasteiger charge is 2.30. The average molecular weight is 449 g/mol. The number of carbonyl (C=O) groups excluding carboxylic acids is 2. The van der Waals surface area contributed by atoms with Gasteiger partial charge in [-0.25, -0.2) is 0 Å². The number of benzene rings is 2. The molecule has 176 valence electrons. The Morgan fingerprint density at radius 3 is 2.21 bits per heavy atom. The molecule has 1 N–H and O–H groups in total. The van der Waals surface area contributed by atoms with Gasteiger partial charge in [-0.05, 0) is 68.6 Å². The topological polar surface area (TPSA) is 55.9 Å². The Kier molecular flexibility index (Phi) is 7.78. The molecule has 2 aromatic rings. The largest absolute Gasteiger partial charge is 0.340 e. The quantitative estimate of drug-likeness (QED) is 0.737. The summed E-state index contributed by atoms with van der Waals surface area (Å²) in [6.45, 7) is 10.5. The Morgan fingerprint density at radius 1 is 0.848 bits per heavy atom. The molecule has 0 aliphatic carbocycles. The molecular formula is C27H36N4O2. The van der Waals surface area contributed by atoms with E-state index in [-0.39, 0.29) is 11.8 Å². The number of carbonyl (C=O) groups is 2. The van der Waals surface area contributed by atoms with Gasteiger partial charge in [-0.3, -0.25) is 19.4 Å². The number of aryl methyl sites for hydroxylation is 2. The highest BCUT2D eigenvalue weighted by atomic mass is 16.2. The number of nitrogens with one attached hydrogen (secondary N) is 1. The van der Waals surface area contributed by atoms with Crippen LogP contribution < -0.4 is 5.32 Å². The van der Waals surface area contributed by atoms with E-state index >= 15 is 0 Å². The van der Waals surface area contributed by atoms with E-state index in [1.54, 1.807) is 0 Å². The number of anilines is 1. The molecule has 2 amide bonds. The maximum absolute atomic E-state index is 13.1. The molecule has 2 saturated heterocycles. The van der Waals surface area contributed by atoms with E-state index in [4.69, 9.17) is 0 Å². The van der Waals surface area contributed by atoms with Crippen LogP contribution in [0.5, 0.6) is 0 Å². The monoisotopic (exact) mass is 448 g/mol. The minimum atomic E-state index is 0.0116. The van der Waals surface area contributed by atoms with Crippen molar-refractivity contribution < 1.29 is 9.59 Å². The summed E-state index contributed by atoms with van der Waals surface area (Å²) < 4.78 is 0. The lowest BCUT2D eigenvalue weighted by Crippen LogP contribution is -2.51. The molecule has 33 heavy (non-hydrogen) atoms. The van der Waals surface area contributed by atoms with Crippen LogP contribution in [0.3, 0.4) is 0 Å². The van der Waals surface area contributed by atoms with Gasteiger partial charge in [0.25, 0.3) is 0 Å². The SMILES string of the molecule is Cc1ccc(NC(=O)CN2CCC(C(=O)N3CCN(Cc4ccccc4)CC3)CC2)cc1C. The fraction of sp³-hybridized carbons (Fsp3) is 0.481. The Balaban J connectivity index is 1.17. The molecule has 2 aliphatic rings. The van der Waals surface area contributed by atoms with Crippen molar-refractivity contribution >= 4 is 17.5 Å². The smallest absolute Gasteiger partial charge is 0.238 e. The molecule has 0 bridgehead atoms. The Morgan fingerprint density at radius 2 is 1.55 bits per heavy atom. The fourth-order valence-corrected chi connectivity index (χ4v) is 4.79. The fourth-order valence-electron chi connectivity index (χ4n) is 4.79. The number of likely N-dealkylation sites (tertiary alicyclic amines) is 1. The van der Waals surface area contributed by atoms with Crippen molar-refractivity contribution in [2.24, 2.45) is 5.92 Å². The third-order valence-electron chi connectivity index (χ3n) is 7.03. The number of hydrogen-bond donors (Lipinski definition) is 1. The highest BCUT2D eigenvalue weighted by molar-refractivity contribution is 5.92. The van der Waals surface area contributed by atoms with Crippen LogP contribution in [0.25, 0.3) is 0 Å². The van der Waals surface area contributed by atoms with Gasteiger partial charge >= 0.3 is 0 Å². The van der Waals surface area contributed by atoms with E-state index in [0.29, 0.717) is 12.5 Å². The molecule has 2 aromatic carbocycles. The molecule has 6 nitrogen and oxygen atoms in total. The summed E-state index contributed by atoms with van der Waals surface area (Å²) >= 11 is 0. The molecule has 0 aromatic heterocycles. The summed E-state index contributed by atoms with van der Waals surface area (Å²) in [6, 6.07) is 16.5. The first-order valence-corrected chi connectivity index (χ1v) is 12.1. The first-order valence-electron chi connectivity index (χ1n) is 12.1. The number of hydrogen-bond acceptors (Lipinski definition) is 4. The Hall–Kier alpha value is -2.70. The van der Waals surface area contributed by atoms with Gasteiger partial charge in [-0.2, -0.15) is 0 Å². The summed E-state index contributed by atoms with van der Waals surface area (Å²) in [5, 5.41) is 3.00. The highest BCUT2D eigenvalue weighted by Crippen LogP contribution is 2.21. The zero-order valence-electron chi connectivity index (χ0n) is 19.9. The standard InChI is InChI=1S/C27H36N4O2/c1-21-8-9-25(18-22(21)2)28-26(32)20-29-12-10-24(11-13-29)27(33)31-16-14-30(15-17-31)19-23-6-4-3-5-7-23/h3-9,18,24H,10-17,19-20H2,1-2H3,(H,28,32). The van der Waals surface area contributed by atoms with Gasteiger partial charge in [0, 0.05) is 44.3 Å². The lowest BCUT2D eigenvalue weighted by Gasteiger charge is -2.38. The van der Waals surface area contributed by atoms with Gasteiger partial charge in [0.2, 0.25) is 11.8 Å². The minimum Gasteiger partial charge on any atom is -0.340 e. The average Bonchev–Trinajstić information content (AvgIpc) is 2.83. The minimum absolute atomic E-state index is 0.0116. The molecule has 0 spiro atoms. The van der Waals surface area contributed by atoms with Gasteiger partial charge in [0.15, 0.2) is 0 Å². The lowest BCUT2D eigenvalue weighted by molar-refractivity contribution is -0.139. The molecule has 6 heteroatoms. The van der Waals surface area contributed by atoms with Crippen LogP contribution in [0.2, 0.25) is 0 Å². The normalized spacial score (nSPS) is 18.3. The maximum Gasteiger partial charge on any atom is 0.238 e. The van der Waals surface area contributed by atoms with Crippen LogP contribution in [0.4, 0.5) is 5.69 Å². The third-order valence-corrected chi connectivity index (χ3v) is 7.03. The van der Waals surface area contributed by atoms with E-state index in [9.17, 15) is 9.59 Å². The van der Waals surface area contributed by atoms with Crippen molar-refractivity contribution in [3.05, 3.63) is 65.2 Å². The van der Waals surface area contributed by atoms with E-state index < -0.39 is 0 Å². The van der Waals surface area contributed by atoms with Crippen LogP contribution in [-0.2, 0) is 16.1 Å². The third kappa shape index (κ3) is 6.42. The van der Waals surface area contributed by atoms with E-state index in [0.717, 1.165) is 64.3 Å². The van der Waals surface area contributed by atoms with Gasteiger partial charge in [-0.1, -0.05) is 36.4 Å². The molecule has 2 fully saturated rings. The molecule has 2 aliphatic heterocycles. The van der Waals surface area contributed by atoms with Crippen molar-refractivity contribution in [3.8, 4) is 0 Å². The van der Waals surface area contributed by atoms with Crippen LogP contribution in [0, 0.1) is 19.8 Å². The number of piperidine rings is 1. The van der Waals surface area contributed by atoms with Crippen molar-refractivity contribution in [3.63, 3.8) is 0 Å². The second-order valence-electron chi connectivity index (χ2n) is 9.48. The molecule has 2 heterocycles. The summed E-state index contributed by atoms with van der Waals surface area (Å²) in [6.07, 6.45) is 1.67. The number of amides is 2. The Bertz CT molecular complexity index is 946. The lowest BCUT2D eigenvalue weighted by atomic mass is 9.95. The molecule has 0 atom stereocenters. The molecule has 0 unspecified atom stereocenters. The zero-order chi connectivity index (χ0) is 23.2. The van der Waals surface area contributed by atoms with Crippen molar-refractivity contribution in [2.45, 2.75) is 33.2 Å². The maximum atomic E-state index is 13.1. The zero-order valence-corrected chi connectivity index (χ0v) is 19.9. The first-order chi connectivity index (χ1) is 16.0. The van der Waals surface area contributed by atoms with Crippen molar-refractivity contribution in [1.29, 1.82) is 0 Å². The molecule has 0 saturated carbocycles. The van der Waals surface area contributed by atoms with E-state index in [1.165, 1.54) is 16.7 Å². The van der Waals surface area contributed by atoms with Gasteiger partial charge in [0.1, 0.15) is 0 Å². The number of rotatable bonds is 6. The second-order valence-corrected chi connectivity index (χ2v) is 9.48. The molecule has 4 rings (SSSR count). The van der Waals surface area contributed by atoms with Crippen LogP contribution in [-0.4, -0.2) is 72.3 Å². The van der Waals surface area contributed by atoms with Gasteiger partial charge < -0.3 is 10.2 Å². The number of nitrogens with zero attached hydrogens (tertiary/aromatic N) is 3. The second kappa shape index (κ2) is 10.9. The van der Waals surface area contributed by atoms with Gasteiger partial charge in [-0.15, -0.1) is 0 Å². The predicted octanol–water partition coefficient (Wildman–Crippen LogP) is 3.30. The van der Waals surface area contributed by atoms with E-state index in [1.807, 2.05) is 29.2 Å². The van der Waals surface area contributed by atoms with Crippen LogP contribution in [0.1, 0.15) is 29.5 Å². The van der Waals surface area contributed by atoms with Crippen molar-refractivity contribution in [1.82, 2.24) is 14.7 Å². The first kappa shape index (κ1) is 23.5. The van der Waals surface area contributed by atoms with E-state index in [2.05, 4.69) is 53.2 Å².